The van der Waals surface area contributed by atoms with E-state index in [2.05, 4.69) is 4.98 Å². The lowest BCUT2D eigenvalue weighted by molar-refractivity contribution is 0.476. The van der Waals surface area contributed by atoms with Gasteiger partial charge in [-0.05, 0) is 30.5 Å². The zero-order chi connectivity index (χ0) is 9.42. The highest BCUT2D eigenvalue weighted by Gasteiger charge is 1.99. The lowest BCUT2D eigenvalue weighted by Gasteiger charge is -1.99. The third kappa shape index (κ3) is 1.28. The summed E-state index contributed by atoms with van der Waals surface area (Å²) >= 11 is 0. The molecule has 2 N–H and O–H groups in total. The number of phenols is 1. The Balaban J connectivity index is 2.95. The van der Waals surface area contributed by atoms with E-state index in [1.54, 1.807) is 12.1 Å². The van der Waals surface area contributed by atoms with Gasteiger partial charge < -0.3 is 10.1 Å². The van der Waals surface area contributed by atoms with Crippen molar-refractivity contribution in [3.63, 3.8) is 0 Å². The quantitative estimate of drug-likeness (QED) is 0.638. The van der Waals surface area contributed by atoms with Gasteiger partial charge in [-0.3, -0.25) is 4.79 Å². The van der Waals surface area contributed by atoms with E-state index in [9.17, 15) is 9.90 Å². The molecule has 1 heterocycles. The van der Waals surface area contributed by atoms with Crippen LogP contribution in [0.1, 0.15) is 5.69 Å². The van der Waals surface area contributed by atoms with Gasteiger partial charge in [-0.2, -0.15) is 0 Å². The standard InChI is InChI=1S/C10H9NO2/c1-6-4-7-2-3-8(12)5-9(7)10(13)11-6/h2-5,12H,1H3,(H,11,13). The maximum absolute atomic E-state index is 11.4. The number of H-pyrrole nitrogens is 1. The van der Waals surface area contributed by atoms with Crippen LogP contribution in [-0.2, 0) is 0 Å². The predicted octanol–water partition coefficient (Wildman–Crippen LogP) is 1.54. The molecule has 13 heavy (non-hydrogen) atoms. The molecule has 0 spiro atoms. The number of rotatable bonds is 0. The SMILES string of the molecule is Cc1cc2ccc(O)cc2c(=O)[nH]1. The van der Waals surface area contributed by atoms with Crippen LogP contribution in [0.4, 0.5) is 0 Å². The van der Waals surface area contributed by atoms with E-state index in [-0.39, 0.29) is 11.3 Å². The number of hydrogen-bond donors (Lipinski definition) is 2. The van der Waals surface area contributed by atoms with Crippen LogP contribution >= 0.6 is 0 Å². The summed E-state index contributed by atoms with van der Waals surface area (Å²) in [4.78, 5) is 14.1. The first-order chi connectivity index (χ1) is 6.16. The number of hydrogen-bond acceptors (Lipinski definition) is 2. The molecule has 1 aromatic heterocycles. The number of fused-ring (bicyclic) bond motifs is 1. The van der Waals surface area contributed by atoms with Gasteiger partial charge in [0.15, 0.2) is 0 Å². The van der Waals surface area contributed by atoms with Crippen molar-refractivity contribution in [2.45, 2.75) is 6.92 Å². The molecule has 2 rings (SSSR count). The minimum absolute atomic E-state index is 0.113. The van der Waals surface area contributed by atoms with Gasteiger partial charge in [0.1, 0.15) is 5.75 Å². The summed E-state index contributed by atoms with van der Waals surface area (Å²) in [5.74, 6) is 0.113. The molecule has 3 nitrogen and oxygen atoms in total. The zero-order valence-corrected chi connectivity index (χ0v) is 7.16. The molecule has 0 aliphatic carbocycles. The first kappa shape index (κ1) is 7.86. The molecule has 0 atom stereocenters. The van der Waals surface area contributed by atoms with Crippen LogP contribution in [0.3, 0.4) is 0 Å². The fourth-order valence-corrected chi connectivity index (χ4v) is 1.38. The lowest BCUT2D eigenvalue weighted by atomic mass is 10.1. The van der Waals surface area contributed by atoms with Crippen molar-refractivity contribution in [1.82, 2.24) is 4.98 Å². The van der Waals surface area contributed by atoms with E-state index in [0.29, 0.717) is 5.39 Å². The molecule has 2 aromatic rings. The summed E-state index contributed by atoms with van der Waals surface area (Å²) in [5.41, 5.74) is 0.661. The van der Waals surface area contributed by atoms with E-state index < -0.39 is 0 Å². The van der Waals surface area contributed by atoms with Crippen molar-refractivity contribution >= 4 is 10.8 Å². The van der Waals surface area contributed by atoms with Crippen LogP contribution in [0.5, 0.6) is 5.75 Å². The van der Waals surface area contributed by atoms with E-state index in [1.807, 2.05) is 13.0 Å². The topological polar surface area (TPSA) is 53.1 Å². The Morgan fingerprint density at radius 2 is 2.08 bits per heavy atom. The number of aromatic amines is 1. The number of pyridine rings is 1. The van der Waals surface area contributed by atoms with Crippen LogP contribution in [0, 0.1) is 6.92 Å². The summed E-state index contributed by atoms with van der Waals surface area (Å²) in [6.45, 7) is 1.83. The van der Waals surface area contributed by atoms with E-state index in [4.69, 9.17) is 0 Å². The lowest BCUT2D eigenvalue weighted by Crippen LogP contribution is -2.06. The molecule has 0 bridgehead atoms. The van der Waals surface area contributed by atoms with E-state index in [1.165, 1.54) is 6.07 Å². The minimum Gasteiger partial charge on any atom is -0.508 e. The van der Waals surface area contributed by atoms with Gasteiger partial charge in [0.25, 0.3) is 5.56 Å². The van der Waals surface area contributed by atoms with Crippen molar-refractivity contribution in [3.8, 4) is 5.75 Å². The van der Waals surface area contributed by atoms with Crippen LogP contribution in [-0.4, -0.2) is 10.1 Å². The fraction of sp³-hybridized carbons (Fsp3) is 0.100. The van der Waals surface area contributed by atoms with Crippen LogP contribution in [0.2, 0.25) is 0 Å². The van der Waals surface area contributed by atoms with Gasteiger partial charge in [0.2, 0.25) is 0 Å². The smallest absolute Gasteiger partial charge is 0.256 e. The van der Waals surface area contributed by atoms with Gasteiger partial charge in [-0.1, -0.05) is 6.07 Å². The van der Waals surface area contributed by atoms with E-state index in [0.717, 1.165) is 11.1 Å². The molecule has 0 aliphatic rings. The normalized spacial score (nSPS) is 10.5. The summed E-state index contributed by atoms with van der Waals surface area (Å²) in [7, 11) is 0. The summed E-state index contributed by atoms with van der Waals surface area (Å²) < 4.78 is 0. The molecule has 0 radical (unpaired) electrons. The molecule has 0 unspecified atom stereocenters. The monoisotopic (exact) mass is 175 g/mol. The van der Waals surface area contributed by atoms with Crippen LogP contribution < -0.4 is 5.56 Å². The molecular weight excluding hydrogens is 166 g/mol. The second-order valence-corrected chi connectivity index (χ2v) is 3.05. The Hall–Kier alpha value is -1.77. The summed E-state index contributed by atoms with van der Waals surface area (Å²) in [5, 5.41) is 10.5. The second-order valence-electron chi connectivity index (χ2n) is 3.05. The van der Waals surface area contributed by atoms with Crippen molar-refractivity contribution in [2.24, 2.45) is 0 Å². The van der Waals surface area contributed by atoms with Gasteiger partial charge >= 0.3 is 0 Å². The Labute approximate surface area is 74.7 Å². The van der Waals surface area contributed by atoms with Crippen molar-refractivity contribution in [1.29, 1.82) is 0 Å². The highest BCUT2D eigenvalue weighted by atomic mass is 16.3. The molecule has 0 amide bonds. The Bertz CT molecular complexity index is 514. The van der Waals surface area contributed by atoms with Crippen molar-refractivity contribution in [2.75, 3.05) is 0 Å². The third-order valence-corrected chi connectivity index (χ3v) is 1.96. The minimum atomic E-state index is -0.161. The average molecular weight is 175 g/mol. The number of nitrogens with one attached hydrogen (secondary N) is 1. The van der Waals surface area contributed by atoms with Gasteiger partial charge in [-0.15, -0.1) is 0 Å². The number of aryl methyl sites for hydroxylation is 1. The number of aromatic nitrogens is 1. The molecule has 0 saturated carbocycles. The summed E-state index contributed by atoms with van der Waals surface area (Å²) in [6, 6.07) is 6.64. The van der Waals surface area contributed by atoms with Gasteiger partial charge in [0.05, 0.1) is 5.39 Å². The number of aromatic hydroxyl groups is 1. The first-order valence-corrected chi connectivity index (χ1v) is 3.99. The first-order valence-electron chi connectivity index (χ1n) is 3.99. The van der Waals surface area contributed by atoms with Gasteiger partial charge in [0, 0.05) is 5.69 Å². The highest BCUT2D eigenvalue weighted by Crippen LogP contribution is 2.16. The average Bonchev–Trinajstić information content (AvgIpc) is 2.06. The number of phenolic OH excluding ortho intramolecular Hbond substituents is 1. The van der Waals surface area contributed by atoms with Crippen LogP contribution in [0.25, 0.3) is 10.8 Å². The molecule has 0 saturated heterocycles. The van der Waals surface area contributed by atoms with Gasteiger partial charge in [-0.25, -0.2) is 0 Å². The Morgan fingerprint density at radius 1 is 1.31 bits per heavy atom. The molecule has 0 aliphatic heterocycles. The predicted molar refractivity (Wildman–Crippen MR) is 51.0 cm³/mol. The third-order valence-electron chi connectivity index (χ3n) is 1.96. The highest BCUT2D eigenvalue weighted by molar-refractivity contribution is 5.83. The molecular formula is C10H9NO2. The zero-order valence-electron chi connectivity index (χ0n) is 7.16. The van der Waals surface area contributed by atoms with Crippen molar-refractivity contribution in [3.05, 3.63) is 40.3 Å². The molecule has 1 aromatic carbocycles. The Kier molecular flexibility index (Phi) is 1.59. The van der Waals surface area contributed by atoms with Crippen molar-refractivity contribution < 1.29 is 5.11 Å². The molecule has 66 valence electrons. The molecule has 0 fully saturated rings. The summed E-state index contributed by atoms with van der Waals surface area (Å²) in [6.07, 6.45) is 0. The maximum atomic E-state index is 11.4. The second kappa shape index (κ2) is 2.62. The maximum Gasteiger partial charge on any atom is 0.256 e. The largest absolute Gasteiger partial charge is 0.508 e. The number of benzene rings is 1. The fourth-order valence-electron chi connectivity index (χ4n) is 1.38. The van der Waals surface area contributed by atoms with Crippen LogP contribution in [0.15, 0.2) is 29.1 Å². The van der Waals surface area contributed by atoms with E-state index >= 15 is 0 Å². The molecule has 3 heteroatoms. The Morgan fingerprint density at radius 3 is 2.85 bits per heavy atom.